The van der Waals surface area contributed by atoms with E-state index in [2.05, 4.69) is 4.74 Å². The summed E-state index contributed by atoms with van der Waals surface area (Å²) in [6, 6.07) is 6.66. The number of likely N-dealkylation sites (tertiary alicyclic amines) is 1. The average Bonchev–Trinajstić information content (AvgIpc) is 2.87. The fraction of sp³-hybridized carbons (Fsp3) is 0.385. The van der Waals surface area contributed by atoms with Crippen LogP contribution in [0, 0.1) is 0 Å². The summed E-state index contributed by atoms with van der Waals surface area (Å²) in [4.78, 5) is 23.5. The zero-order valence-electron chi connectivity index (χ0n) is 10.5. The van der Waals surface area contributed by atoms with Crippen molar-refractivity contribution in [2.24, 2.45) is 0 Å². The zero-order valence-corrected chi connectivity index (χ0v) is 10.5. The molecule has 1 heterocycles. The number of carbonyl (C=O) groups excluding carboxylic acids is 1. The zero-order chi connectivity index (χ0) is 13.8. The van der Waals surface area contributed by atoms with E-state index < -0.39 is 12.1 Å². The van der Waals surface area contributed by atoms with E-state index in [1.54, 1.807) is 24.3 Å². The van der Waals surface area contributed by atoms with E-state index in [-0.39, 0.29) is 6.10 Å². The van der Waals surface area contributed by atoms with Crippen LogP contribution in [0.2, 0.25) is 0 Å². The second kappa shape index (κ2) is 5.60. The van der Waals surface area contributed by atoms with Crippen LogP contribution in [0.25, 0.3) is 0 Å². The molecule has 1 unspecified atom stereocenters. The summed E-state index contributed by atoms with van der Waals surface area (Å²) in [7, 11) is 1.32. The van der Waals surface area contributed by atoms with Crippen molar-refractivity contribution in [2.75, 3.05) is 20.2 Å². The Morgan fingerprint density at radius 3 is 2.84 bits per heavy atom. The topological polar surface area (TPSA) is 76.1 Å². The molecule has 0 saturated carbocycles. The van der Waals surface area contributed by atoms with Crippen LogP contribution in [0.4, 0.5) is 4.79 Å². The number of rotatable bonds is 3. The number of amides is 1. The molecular formula is C13H15NO5. The van der Waals surface area contributed by atoms with Crippen LogP contribution >= 0.6 is 0 Å². The minimum Gasteiger partial charge on any atom is -0.488 e. The number of hydrogen-bond donors (Lipinski definition) is 1. The quantitative estimate of drug-likeness (QED) is 0.840. The first kappa shape index (κ1) is 13.2. The van der Waals surface area contributed by atoms with E-state index in [0.29, 0.717) is 30.8 Å². The van der Waals surface area contributed by atoms with Crippen LogP contribution < -0.4 is 4.74 Å². The molecule has 6 heteroatoms. The van der Waals surface area contributed by atoms with Gasteiger partial charge in [0, 0.05) is 13.0 Å². The van der Waals surface area contributed by atoms with Gasteiger partial charge in [-0.1, -0.05) is 6.07 Å². The number of carbonyl (C=O) groups is 2. The molecule has 0 aliphatic carbocycles. The largest absolute Gasteiger partial charge is 0.488 e. The fourth-order valence-electron chi connectivity index (χ4n) is 2.00. The number of carboxylic acid groups (broad SMARTS) is 1. The maximum Gasteiger partial charge on any atom is 0.407 e. The summed E-state index contributed by atoms with van der Waals surface area (Å²) in [5.74, 6) is 0.115. The van der Waals surface area contributed by atoms with Gasteiger partial charge in [-0.3, -0.25) is 0 Å². The molecule has 19 heavy (non-hydrogen) atoms. The lowest BCUT2D eigenvalue weighted by molar-refractivity contribution is 0.0600. The Kier molecular flexibility index (Phi) is 3.89. The van der Waals surface area contributed by atoms with E-state index in [1.165, 1.54) is 12.0 Å². The summed E-state index contributed by atoms with van der Waals surface area (Å²) in [5.41, 5.74) is 0.410. The molecule has 1 aromatic carbocycles. The summed E-state index contributed by atoms with van der Waals surface area (Å²) < 4.78 is 10.3. The standard InChI is InChI=1S/C13H15NO5/c1-18-12(15)9-3-2-4-10(7-9)19-11-5-6-14(8-11)13(16)17/h2-4,7,11H,5-6,8H2,1H3,(H,16,17). The molecular weight excluding hydrogens is 250 g/mol. The molecule has 0 bridgehead atoms. The van der Waals surface area contributed by atoms with Gasteiger partial charge in [0.1, 0.15) is 11.9 Å². The van der Waals surface area contributed by atoms with Crippen molar-refractivity contribution in [2.45, 2.75) is 12.5 Å². The van der Waals surface area contributed by atoms with Crippen molar-refractivity contribution in [1.82, 2.24) is 4.90 Å². The van der Waals surface area contributed by atoms with Crippen molar-refractivity contribution >= 4 is 12.1 Å². The van der Waals surface area contributed by atoms with E-state index in [0.717, 1.165) is 0 Å². The van der Waals surface area contributed by atoms with Gasteiger partial charge in [0.25, 0.3) is 0 Å². The van der Waals surface area contributed by atoms with Crippen LogP contribution in [0.15, 0.2) is 24.3 Å². The summed E-state index contributed by atoms with van der Waals surface area (Å²) >= 11 is 0. The van der Waals surface area contributed by atoms with Crippen LogP contribution in [-0.2, 0) is 4.74 Å². The fourth-order valence-corrected chi connectivity index (χ4v) is 2.00. The minimum atomic E-state index is -0.936. The van der Waals surface area contributed by atoms with Crippen LogP contribution in [0.5, 0.6) is 5.75 Å². The third kappa shape index (κ3) is 3.15. The Morgan fingerprint density at radius 2 is 2.21 bits per heavy atom. The van der Waals surface area contributed by atoms with Crippen LogP contribution in [0.3, 0.4) is 0 Å². The Morgan fingerprint density at radius 1 is 1.42 bits per heavy atom. The Labute approximate surface area is 110 Å². The van der Waals surface area contributed by atoms with E-state index in [1.807, 2.05) is 0 Å². The van der Waals surface area contributed by atoms with E-state index >= 15 is 0 Å². The van der Waals surface area contributed by atoms with Crippen molar-refractivity contribution in [3.63, 3.8) is 0 Å². The molecule has 0 radical (unpaired) electrons. The average molecular weight is 265 g/mol. The smallest absolute Gasteiger partial charge is 0.407 e. The number of methoxy groups -OCH3 is 1. The Hall–Kier alpha value is -2.24. The van der Waals surface area contributed by atoms with Gasteiger partial charge in [0.05, 0.1) is 19.2 Å². The van der Waals surface area contributed by atoms with E-state index in [9.17, 15) is 9.59 Å². The lowest BCUT2D eigenvalue weighted by Crippen LogP contribution is -2.29. The molecule has 102 valence electrons. The highest BCUT2D eigenvalue weighted by molar-refractivity contribution is 5.89. The highest BCUT2D eigenvalue weighted by atomic mass is 16.5. The molecule has 1 N–H and O–H groups in total. The van der Waals surface area contributed by atoms with Gasteiger partial charge in [-0.15, -0.1) is 0 Å². The summed E-state index contributed by atoms with van der Waals surface area (Å²) in [6.07, 6.45) is -0.465. The maximum atomic E-state index is 11.4. The predicted molar refractivity (Wildman–Crippen MR) is 66.4 cm³/mol. The molecule has 1 aliphatic rings. The second-order valence-electron chi connectivity index (χ2n) is 4.28. The van der Waals surface area contributed by atoms with Gasteiger partial charge >= 0.3 is 12.1 Å². The predicted octanol–water partition coefficient (Wildman–Crippen LogP) is 1.60. The van der Waals surface area contributed by atoms with Gasteiger partial charge in [0.2, 0.25) is 0 Å². The second-order valence-corrected chi connectivity index (χ2v) is 4.28. The van der Waals surface area contributed by atoms with Gasteiger partial charge in [-0.05, 0) is 18.2 Å². The Balaban J connectivity index is 2.00. The normalized spacial score (nSPS) is 18.2. The molecule has 1 aromatic rings. The SMILES string of the molecule is COC(=O)c1cccc(OC2CCN(C(=O)O)C2)c1. The molecule has 1 atom stereocenters. The molecule has 0 aromatic heterocycles. The molecule has 0 spiro atoms. The lowest BCUT2D eigenvalue weighted by atomic mass is 10.2. The van der Waals surface area contributed by atoms with Crippen LogP contribution in [0.1, 0.15) is 16.8 Å². The monoisotopic (exact) mass is 265 g/mol. The first-order chi connectivity index (χ1) is 9.10. The first-order valence-electron chi connectivity index (χ1n) is 5.93. The lowest BCUT2D eigenvalue weighted by Gasteiger charge is -2.14. The Bertz CT molecular complexity index is 488. The van der Waals surface area contributed by atoms with Gasteiger partial charge in [-0.25, -0.2) is 9.59 Å². The molecule has 6 nitrogen and oxygen atoms in total. The molecule has 1 amide bonds. The number of nitrogens with zero attached hydrogens (tertiary/aromatic N) is 1. The highest BCUT2D eigenvalue weighted by Gasteiger charge is 2.27. The maximum absolute atomic E-state index is 11.4. The number of benzene rings is 1. The number of esters is 1. The first-order valence-corrected chi connectivity index (χ1v) is 5.93. The summed E-state index contributed by atoms with van der Waals surface area (Å²) in [5, 5.41) is 8.86. The number of ether oxygens (including phenoxy) is 2. The highest BCUT2D eigenvalue weighted by Crippen LogP contribution is 2.20. The summed E-state index contributed by atoms with van der Waals surface area (Å²) in [6.45, 7) is 0.814. The van der Waals surface area contributed by atoms with Crippen molar-refractivity contribution < 1.29 is 24.2 Å². The third-order valence-corrected chi connectivity index (χ3v) is 2.97. The molecule has 1 aliphatic heterocycles. The van der Waals surface area contributed by atoms with Gasteiger partial charge in [-0.2, -0.15) is 0 Å². The van der Waals surface area contributed by atoms with Gasteiger partial charge in [0.15, 0.2) is 0 Å². The molecule has 2 rings (SSSR count). The minimum absolute atomic E-state index is 0.177. The van der Waals surface area contributed by atoms with Crippen molar-refractivity contribution in [1.29, 1.82) is 0 Å². The number of hydrogen-bond acceptors (Lipinski definition) is 4. The van der Waals surface area contributed by atoms with Crippen molar-refractivity contribution in [3.8, 4) is 5.75 Å². The van der Waals surface area contributed by atoms with E-state index in [4.69, 9.17) is 9.84 Å². The molecule has 1 fully saturated rings. The van der Waals surface area contributed by atoms with Crippen LogP contribution in [-0.4, -0.2) is 48.4 Å². The van der Waals surface area contributed by atoms with Gasteiger partial charge < -0.3 is 19.5 Å². The molecule has 1 saturated heterocycles. The third-order valence-electron chi connectivity index (χ3n) is 2.97. The van der Waals surface area contributed by atoms with Crippen molar-refractivity contribution in [3.05, 3.63) is 29.8 Å².